The van der Waals surface area contributed by atoms with Crippen LogP contribution < -0.4 is 9.64 Å². The number of benzene rings is 1. The number of morpholine rings is 1. The second-order valence-corrected chi connectivity index (χ2v) is 9.56. The smallest absolute Gasteiger partial charge is 0.306 e. The van der Waals surface area contributed by atoms with E-state index < -0.39 is 5.97 Å². The molecule has 2 aromatic heterocycles. The molecule has 180 valence electrons. The molecule has 0 unspecified atom stereocenters. The Hall–Kier alpha value is -2.79. The quantitative estimate of drug-likeness (QED) is 0.423. The van der Waals surface area contributed by atoms with Gasteiger partial charge in [-0.05, 0) is 30.0 Å². The predicted octanol–water partition coefficient (Wildman–Crippen LogP) is 4.09. The number of nitrogens with zero attached hydrogens (tertiary/aromatic N) is 3. The minimum Gasteiger partial charge on any atom is -0.493 e. The number of hydrogen-bond acceptors (Lipinski definition) is 8. The summed E-state index contributed by atoms with van der Waals surface area (Å²) in [5.74, 6) is -0.349. The lowest BCUT2D eigenvalue weighted by molar-refractivity contribution is -0.137. The molecule has 0 atom stereocenters. The highest BCUT2D eigenvalue weighted by molar-refractivity contribution is 7.14. The van der Waals surface area contributed by atoms with Gasteiger partial charge in [-0.1, -0.05) is 18.2 Å². The minimum absolute atomic E-state index is 0.0383. The summed E-state index contributed by atoms with van der Waals surface area (Å²) in [6.07, 6.45) is 0.786. The molecule has 1 aliphatic rings. The van der Waals surface area contributed by atoms with Crippen LogP contribution >= 0.6 is 22.7 Å². The van der Waals surface area contributed by atoms with Gasteiger partial charge in [0.1, 0.15) is 5.75 Å². The summed E-state index contributed by atoms with van der Waals surface area (Å²) >= 11 is 2.87. The van der Waals surface area contributed by atoms with Crippen molar-refractivity contribution >= 4 is 39.7 Å². The number of carbonyl (C=O) groups is 2. The van der Waals surface area contributed by atoms with Crippen molar-refractivity contribution in [1.82, 2.24) is 9.88 Å². The number of ether oxygens (including phenoxy) is 2. The van der Waals surface area contributed by atoms with E-state index in [2.05, 4.69) is 4.90 Å². The zero-order valence-corrected chi connectivity index (χ0v) is 20.4. The van der Waals surface area contributed by atoms with Gasteiger partial charge in [-0.2, -0.15) is 0 Å². The number of carboxylic acids is 1. The molecule has 3 heterocycles. The minimum atomic E-state index is -0.899. The molecule has 0 saturated carbocycles. The van der Waals surface area contributed by atoms with Crippen molar-refractivity contribution in [3.8, 4) is 17.0 Å². The van der Waals surface area contributed by atoms with E-state index >= 15 is 0 Å². The maximum absolute atomic E-state index is 13.3. The molecule has 1 aromatic carbocycles. The Bertz CT molecular complexity index is 1080. The number of rotatable bonds is 11. The highest BCUT2D eigenvalue weighted by Gasteiger charge is 2.22. The largest absolute Gasteiger partial charge is 0.493 e. The Morgan fingerprint density at radius 2 is 2.03 bits per heavy atom. The summed E-state index contributed by atoms with van der Waals surface area (Å²) in [6.45, 7) is 4.95. The zero-order valence-electron chi connectivity index (χ0n) is 18.7. The van der Waals surface area contributed by atoms with Crippen LogP contribution in [0.25, 0.3) is 11.3 Å². The van der Waals surface area contributed by atoms with E-state index in [0.29, 0.717) is 22.3 Å². The van der Waals surface area contributed by atoms with Gasteiger partial charge in [0, 0.05) is 37.1 Å². The molecule has 1 aliphatic heterocycles. The Balaban J connectivity index is 1.47. The SMILES string of the molecule is O=C(O)CCOc1cccc(-c2csc(N(CCCN3CCOCC3)C(=O)c3cccs3)n2)c1. The first-order valence-electron chi connectivity index (χ1n) is 11.2. The average molecular weight is 502 g/mol. The van der Waals surface area contributed by atoms with Gasteiger partial charge in [0.2, 0.25) is 0 Å². The fourth-order valence-electron chi connectivity index (χ4n) is 3.62. The Morgan fingerprint density at radius 3 is 2.79 bits per heavy atom. The monoisotopic (exact) mass is 501 g/mol. The summed E-state index contributed by atoms with van der Waals surface area (Å²) in [6, 6.07) is 11.1. The van der Waals surface area contributed by atoms with Crippen LogP contribution in [0, 0.1) is 0 Å². The summed E-state index contributed by atoms with van der Waals surface area (Å²) < 4.78 is 11.0. The number of amides is 1. The fraction of sp³-hybridized carbons (Fsp3) is 0.375. The van der Waals surface area contributed by atoms with Gasteiger partial charge in [0.15, 0.2) is 5.13 Å². The van der Waals surface area contributed by atoms with Crippen molar-refractivity contribution in [2.75, 3.05) is 50.9 Å². The number of thiophene rings is 1. The van der Waals surface area contributed by atoms with Crippen LogP contribution in [0.2, 0.25) is 0 Å². The van der Waals surface area contributed by atoms with E-state index in [9.17, 15) is 9.59 Å². The first kappa shape index (κ1) is 24.3. The number of aromatic nitrogens is 1. The lowest BCUT2D eigenvalue weighted by Gasteiger charge is -2.27. The van der Waals surface area contributed by atoms with Gasteiger partial charge in [-0.25, -0.2) is 4.98 Å². The van der Waals surface area contributed by atoms with Gasteiger partial charge in [-0.15, -0.1) is 22.7 Å². The topological polar surface area (TPSA) is 92.2 Å². The molecule has 1 N–H and O–H groups in total. The van der Waals surface area contributed by atoms with Gasteiger partial charge in [-0.3, -0.25) is 19.4 Å². The van der Waals surface area contributed by atoms with Crippen LogP contribution in [0.1, 0.15) is 22.5 Å². The molecule has 0 spiro atoms. The van der Waals surface area contributed by atoms with Gasteiger partial charge < -0.3 is 14.6 Å². The highest BCUT2D eigenvalue weighted by atomic mass is 32.1. The highest BCUT2D eigenvalue weighted by Crippen LogP contribution is 2.31. The second kappa shape index (κ2) is 12.1. The summed E-state index contributed by atoms with van der Waals surface area (Å²) in [5, 5.41) is 13.3. The molecular formula is C24H27N3O5S2. The molecule has 0 radical (unpaired) electrons. The molecule has 1 amide bonds. The number of aliphatic carboxylic acids is 1. The Labute approximate surface area is 206 Å². The number of carbonyl (C=O) groups excluding carboxylic acids is 1. The lowest BCUT2D eigenvalue weighted by atomic mass is 10.2. The standard InChI is InChI=1S/C24H27N3O5S2/c28-22(29)7-12-32-19-5-1-4-18(16-19)20-17-34-24(25-20)27(23(30)21-6-2-15-33-21)9-3-8-26-10-13-31-14-11-26/h1-2,4-6,15-17H,3,7-14H2,(H,28,29). The van der Waals surface area contributed by atoms with Crippen LogP contribution in [-0.2, 0) is 9.53 Å². The maximum atomic E-state index is 13.3. The van der Waals surface area contributed by atoms with Crippen molar-refractivity contribution in [2.24, 2.45) is 0 Å². The molecular weight excluding hydrogens is 474 g/mol. The molecule has 4 rings (SSSR count). The third kappa shape index (κ3) is 6.63. The number of hydrogen-bond donors (Lipinski definition) is 1. The van der Waals surface area contributed by atoms with Crippen LogP contribution in [0.5, 0.6) is 5.75 Å². The van der Waals surface area contributed by atoms with E-state index in [1.807, 2.05) is 41.1 Å². The van der Waals surface area contributed by atoms with Crippen LogP contribution in [-0.4, -0.2) is 72.9 Å². The predicted molar refractivity (Wildman–Crippen MR) is 133 cm³/mol. The zero-order chi connectivity index (χ0) is 23.8. The maximum Gasteiger partial charge on any atom is 0.306 e. The number of anilines is 1. The van der Waals surface area contributed by atoms with Crippen molar-refractivity contribution in [3.05, 3.63) is 52.0 Å². The second-order valence-electron chi connectivity index (χ2n) is 7.78. The molecule has 8 nitrogen and oxygen atoms in total. The molecule has 10 heteroatoms. The number of thiazole rings is 1. The van der Waals surface area contributed by atoms with E-state index in [1.165, 1.54) is 22.7 Å². The molecule has 0 bridgehead atoms. The van der Waals surface area contributed by atoms with E-state index in [1.54, 1.807) is 11.0 Å². The van der Waals surface area contributed by atoms with Crippen LogP contribution in [0.3, 0.4) is 0 Å². The van der Waals surface area contributed by atoms with Crippen LogP contribution in [0.15, 0.2) is 47.2 Å². The van der Waals surface area contributed by atoms with E-state index in [-0.39, 0.29) is 18.9 Å². The molecule has 3 aromatic rings. The van der Waals surface area contributed by atoms with Gasteiger partial charge in [0.05, 0.1) is 36.8 Å². The van der Waals surface area contributed by atoms with E-state index in [0.717, 1.165) is 50.5 Å². The molecule has 0 aliphatic carbocycles. The van der Waals surface area contributed by atoms with Gasteiger partial charge in [0.25, 0.3) is 5.91 Å². The molecule has 1 saturated heterocycles. The summed E-state index contributed by atoms with van der Waals surface area (Å²) in [5.41, 5.74) is 1.60. The first-order valence-corrected chi connectivity index (χ1v) is 12.9. The van der Waals surface area contributed by atoms with Crippen LogP contribution in [0.4, 0.5) is 5.13 Å². The van der Waals surface area contributed by atoms with Crippen molar-refractivity contribution < 1.29 is 24.2 Å². The average Bonchev–Trinajstić information content (AvgIpc) is 3.55. The number of carboxylic acid groups (broad SMARTS) is 1. The fourth-order valence-corrected chi connectivity index (χ4v) is 5.15. The van der Waals surface area contributed by atoms with Gasteiger partial charge >= 0.3 is 5.97 Å². The molecule has 1 fully saturated rings. The Kier molecular flexibility index (Phi) is 8.64. The first-order chi connectivity index (χ1) is 16.6. The third-order valence-electron chi connectivity index (χ3n) is 5.37. The van der Waals surface area contributed by atoms with Crippen molar-refractivity contribution in [1.29, 1.82) is 0 Å². The van der Waals surface area contributed by atoms with Crippen molar-refractivity contribution in [2.45, 2.75) is 12.8 Å². The Morgan fingerprint density at radius 1 is 1.18 bits per heavy atom. The third-order valence-corrected chi connectivity index (χ3v) is 7.10. The van der Waals surface area contributed by atoms with E-state index in [4.69, 9.17) is 19.6 Å². The molecule has 34 heavy (non-hydrogen) atoms. The summed E-state index contributed by atoms with van der Waals surface area (Å²) in [7, 11) is 0. The normalized spacial score (nSPS) is 14.1. The van der Waals surface area contributed by atoms with Crippen molar-refractivity contribution in [3.63, 3.8) is 0 Å². The summed E-state index contributed by atoms with van der Waals surface area (Å²) in [4.78, 5) is 33.6. The lowest BCUT2D eigenvalue weighted by Crippen LogP contribution is -2.39.